The molecule has 4 nitrogen and oxygen atoms in total. The molecule has 0 radical (unpaired) electrons. The Morgan fingerprint density at radius 1 is 1.31 bits per heavy atom. The van der Waals surface area contributed by atoms with E-state index in [0.717, 1.165) is 5.92 Å². The number of nitrogens with zero attached hydrogens (tertiary/aromatic N) is 2. The third-order valence-corrected chi connectivity index (χ3v) is 3.40. The van der Waals surface area contributed by atoms with Crippen molar-refractivity contribution >= 4 is 6.01 Å². The Kier molecular flexibility index (Phi) is 3.80. The molecule has 0 atom stereocenters. The highest BCUT2D eigenvalue weighted by Crippen LogP contribution is 2.29. The van der Waals surface area contributed by atoms with E-state index in [1.54, 1.807) is 0 Å². The average molecular weight is 223 g/mol. The summed E-state index contributed by atoms with van der Waals surface area (Å²) in [5.74, 6) is 1.63. The van der Waals surface area contributed by atoms with Crippen LogP contribution in [-0.4, -0.2) is 16.2 Å². The lowest BCUT2D eigenvalue weighted by molar-refractivity contribution is 0.313. The fourth-order valence-electron chi connectivity index (χ4n) is 2.53. The molecule has 0 spiro atoms. The van der Waals surface area contributed by atoms with Crippen LogP contribution in [0.4, 0.5) is 6.01 Å². The highest BCUT2D eigenvalue weighted by atomic mass is 16.5. The van der Waals surface area contributed by atoms with Crippen LogP contribution in [-0.2, 0) is 0 Å². The molecule has 16 heavy (non-hydrogen) atoms. The predicted molar refractivity (Wildman–Crippen MR) is 63.3 cm³/mol. The Bertz CT molecular complexity index is 316. The largest absolute Gasteiger partial charge is 0.335 e. The van der Waals surface area contributed by atoms with Crippen LogP contribution in [0.2, 0.25) is 0 Å². The van der Waals surface area contributed by atoms with E-state index in [0.29, 0.717) is 17.9 Å². The smallest absolute Gasteiger partial charge is 0.321 e. The molecule has 4 heteroatoms. The van der Waals surface area contributed by atoms with Gasteiger partial charge in [-0.15, -0.1) is 0 Å². The second-order valence-electron chi connectivity index (χ2n) is 4.80. The van der Waals surface area contributed by atoms with Crippen molar-refractivity contribution in [3.05, 3.63) is 5.82 Å². The van der Waals surface area contributed by atoms with Gasteiger partial charge >= 0.3 is 6.01 Å². The van der Waals surface area contributed by atoms with Crippen molar-refractivity contribution < 1.29 is 4.52 Å². The second kappa shape index (κ2) is 5.32. The van der Waals surface area contributed by atoms with Crippen LogP contribution in [0.5, 0.6) is 0 Å². The second-order valence-corrected chi connectivity index (χ2v) is 4.80. The van der Waals surface area contributed by atoms with E-state index in [9.17, 15) is 0 Å². The molecule has 0 amide bonds. The summed E-state index contributed by atoms with van der Waals surface area (Å²) < 4.78 is 5.07. The first-order chi connectivity index (χ1) is 7.78. The summed E-state index contributed by atoms with van der Waals surface area (Å²) >= 11 is 0. The van der Waals surface area contributed by atoms with Crippen LogP contribution in [0.15, 0.2) is 4.52 Å². The van der Waals surface area contributed by atoms with Crippen molar-refractivity contribution in [2.24, 2.45) is 5.92 Å². The van der Waals surface area contributed by atoms with Gasteiger partial charge in [0, 0.05) is 6.04 Å². The van der Waals surface area contributed by atoms with Crippen LogP contribution >= 0.6 is 0 Å². The van der Waals surface area contributed by atoms with E-state index < -0.39 is 0 Å². The third kappa shape index (κ3) is 2.97. The molecule has 90 valence electrons. The van der Waals surface area contributed by atoms with Gasteiger partial charge in [-0.25, -0.2) is 0 Å². The van der Waals surface area contributed by atoms with Gasteiger partial charge in [-0.1, -0.05) is 24.9 Å². The Morgan fingerprint density at radius 3 is 2.62 bits per heavy atom. The number of rotatable bonds is 4. The quantitative estimate of drug-likeness (QED) is 0.852. The normalized spacial score (nSPS) is 25.6. The molecule has 1 heterocycles. The Morgan fingerprint density at radius 2 is 2.06 bits per heavy atom. The van der Waals surface area contributed by atoms with Crippen molar-refractivity contribution in [3.8, 4) is 0 Å². The third-order valence-electron chi connectivity index (χ3n) is 3.40. The van der Waals surface area contributed by atoms with Gasteiger partial charge in [0.1, 0.15) is 0 Å². The van der Waals surface area contributed by atoms with E-state index in [4.69, 9.17) is 4.52 Å². The number of nitrogens with one attached hydrogen (secondary N) is 1. The van der Waals surface area contributed by atoms with Gasteiger partial charge < -0.3 is 9.84 Å². The number of hydrogen-bond acceptors (Lipinski definition) is 4. The molecule has 2 rings (SSSR count). The number of aromatic nitrogens is 2. The van der Waals surface area contributed by atoms with Gasteiger partial charge in [0.05, 0.1) is 0 Å². The molecule has 0 aliphatic heterocycles. The summed E-state index contributed by atoms with van der Waals surface area (Å²) in [7, 11) is 0. The molecule has 1 aromatic heterocycles. The summed E-state index contributed by atoms with van der Waals surface area (Å²) in [5.41, 5.74) is 0. The van der Waals surface area contributed by atoms with Gasteiger partial charge in [-0.2, -0.15) is 4.98 Å². The van der Waals surface area contributed by atoms with Gasteiger partial charge in [0.2, 0.25) is 0 Å². The summed E-state index contributed by atoms with van der Waals surface area (Å²) in [6, 6.07) is 1.10. The molecule has 0 bridgehead atoms. The SMILES string of the molecule is CCCC1CCC(Nc2nc(C)no2)CC1. The fourth-order valence-corrected chi connectivity index (χ4v) is 2.53. The summed E-state index contributed by atoms with van der Waals surface area (Å²) in [4.78, 5) is 4.17. The fraction of sp³-hybridized carbons (Fsp3) is 0.833. The maximum atomic E-state index is 5.07. The zero-order valence-electron chi connectivity index (χ0n) is 10.2. The van der Waals surface area contributed by atoms with Crippen LogP contribution in [0.1, 0.15) is 51.3 Å². The number of hydrogen-bond donors (Lipinski definition) is 1. The van der Waals surface area contributed by atoms with Crippen molar-refractivity contribution in [1.29, 1.82) is 0 Å². The van der Waals surface area contributed by atoms with E-state index in [1.807, 2.05) is 6.92 Å². The lowest BCUT2D eigenvalue weighted by Crippen LogP contribution is -2.26. The molecule has 1 N–H and O–H groups in total. The number of anilines is 1. The van der Waals surface area contributed by atoms with Crippen molar-refractivity contribution in [2.45, 2.75) is 58.4 Å². The highest BCUT2D eigenvalue weighted by Gasteiger charge is 2.21. The lowest BCUT2D eigenvalue weighted by atomic mass is 9.83. The Balaban J connectivity index is 1.77. The maximum absolute atomic E-state index is 5.07. The van der Waals surface area contributed by atoms with E-state index in [2.05, 4.69) is 22.4 Å². The molecule has 1 saturated carbocycles. The number of aryl methyl sites for hydroxylation is 1. The molecule has 1 aliphatic carbocycles. The molecule has 1 aliphatic rings. The molecular weight excluding hydrogens is 202 g/mol. The highest BCUT2D eigenvalue weighted by molar-refractivity contribution is 5.20. The molecule has 1 aromatic rings. The van der Waals surface area contributed by atoms with Crippen molar-refractivity contribution in [2.75, 3.05) is 5.32 Å². The minimum Gasteiger partial charge on any atom is -0.335 e. The first-order valence-electron chi connectivity index (χ1n) is 6.34. The Labute approximate surface area is 96.8 Å². The zero-order chi connectivity index (χ0) is 11.4. The van der Waals surface area contributed by atoms with Gasteiger partial charge in [-0.3, -0.25) is 0 Å². The van der Waals surface area contributed by atoms with Crippen LogP contribution in [0.25, 0.3) is 0 Å². The topological polar surface area (TPSA) is 51.0 Å². The molecule has 0 saturated heterocycles. The molecule has 0 unspecified atom stereocenters. The summed E-state index contributed by atoms with van der Waals surface area (Å²) in [6.07, 6.45) is 7.81. The van der Waals surface area contributed by atoms with Crippen LogP contribution < -0.4 is 5.32 Å². The van der Waals surface area contributed by atoms with E-state index in [-0.39, 0.29) is 0 Å². The minimum absolute atomic E-state index is 0.521. The molecule has 0 aromatic carbocycles. The standard InChI is InChI=1S/C12H21N3O/c1-3-4-10-5-7-11(8-6-10)14-12-13-9(2)15-16-12/h10-11H,3-8H2,1-2H3,(H,13,14,15). The monoisotopic (exact) mass is 223 g/mol. The average Bonchev–Trinajstić information content (AvgIpc) is 2.67. The first kappa shape index (κ1) is 11.4. The summed E-state index contributed by atoms with van der Waals surface area (Å²) in [6.45, 7) is 4.11. The summed E-state index contributed by atoms with van der Waals surface area (Å²) in [5, 5.41) is 7.10. The van der Waals surface area contributed by atoms with Crippen LogP contribution in [0.3, 0.4) is 0 Å². The van der Waals surface area contributed by atoms with Crippen molar-refractivity contribution in [1.82, 2.24) is 10.1 Å². The van der Waals surface area contributed by atoms with E-state index in [1.165, 1.54) is 38.5 Å². The van der Waals surface area contributed by atoms with Gasteiger partial charge in [0.15, 0.2) is 5.82 Å². The predicted octanol–water partition coefficient (Wildman–Crippen LogP) is 3.15. The minimum atomic E-state index is 0.521. The maximum Gasteiger partial charge on any atom is 0.321 e. The van der Waals surface area contributed by atoms with E-state index >= 15 is 0 Å². The van der Waals surface area contributed by atoms with Gasteiger partial charge in [-0.05, 0) is 38.5 Å². The zero-order valence-corrected chi connectivity index (χ0v) is 10.2. The Hall–Kier alpha value is -1.06. The van der Waals surface area contributed by atoms with Gasteiger partial charge in [0.25, 0.3) is 0 Å². The van der Waals surface area contributed by atoms with Crippen LogP contribution in [0, 0.1) is 12.8 Å². The van der Waals surface area contributed by atoms with Crippen molar-refractivity contribution in [3.63, 3.8) is 0 Å². The first-order valence-corrected chi connectivity index (χ1v) is 6.34. The lowest BCUT2D eigenvalue weighted by Gasteiger charge is -2.28. The molecule has 1 fully saturated rings. The molecular formula is C12H21N3O.